The van der Waals surface area contributed by atoms with Crippen LogP contribution in [0.2, 0.25) is 0 Å². The maximum atomic E-state index is 10.5. The number of allylic oxidation sites excluding steroid dienone is 3. The standard InChI is InChI=1S/C16H17NO2/c1-2-17(16-6-4-3-5-7-16)19-13-15-10-8-14(12-18)9-11-15/h3-8,10-11H,2,9,13H2,1H3. The first-order valence-electron chi connectivity index (χ1n) is 6.40. The molecule has 0 aromatic heterocycles. The van der Waals surface area contributed by atoms with Gasteiger partial charge in [-0.1, -0.05) is 30.4 Å². The summed E-state index contributed by atoms with van der Waals surface area (Å²) in [5.74, 6) is 1.91. The fourth-order valence-electron chi connectivity index (χ4n) is 1.86. The van der Waals surface area contributed by atoms with Crippen molar-refractivity contribution in [2.75, 3.05) is 18.2 Å². The van der Waals surface area contributed by atoms with Gasteiger partial charge in [0, 0.05) is 18.5 Å². The van der Waals surface area contributed by atoms with Crippen molar-refractivity contribution in [3.63, 3.8) is 0 Å². The third-order valence-electron chi connectivity index (χ3n) is 2.93. The number of hydrogen-bond acceptors (Lipinski definition) is 3. The van der Waals surface area contributed by atoms with Crippen molar-refractivity contribution in [1.29, 1.82) is 0 Å². The third kappa shape index (κ3) is 3.68. The van der Waals surface area contributed by atoms with E-state index in [1.807, 2.05) is 60.4 Å². The van der Waals surface area contributed by atoms with Gasteiger partial charge < -0.3 is 0 Å². The van der Waals surface area contributed by atoms with Gasteiger partial charge in [-0.2, -0.15) is 0 Å². The number of carbonyl (C=O) groups excluding carboxylic acids is 1. The maximum Gasteiger partial charge on any atom is 0.128 e. The van der Waals surface area contributed by atoms with Gasteiger partial charge in [-0.3, -0.25) is 9.90 Å². The zero-order valence-electron chi connectivity index (χ0n) is 11.0. The second-order valence-corrected chi connectivity index (χ2v) is 4.25. The van der Waals surface area contributed by atoms with Gasteiger partial charge in [-0.25, -0.2) is 4.79 Å². The maximum absolute atomic E-state index is 10.5. The molecule has 0 spiro atoms. The van der Waals surface area contributed by atoms with Crippen molar-refractivity contribution < 1.29 is 9.63 Å². The van der Waals surface area contributed by atoms with Gasteiger partial charge in [0.05, 0.1) is 12.3 Å². The first-order valence-corrected chi connectivity index (χ1v) is 6.40. The van der Waals surface area contributed by atoms with Gasteiger partial charge in [0.15, 0.2) is 0 Å². The second kappa shape index (κ2) is 6.74. The molecule has 1 aromatic carbocycles. The van der Waals surface area contributed by atoms with Crippen LogP contribution in [0, 0.1) is 0 Å². The van der Waals surface area contributed by atoms with Crippen LogP contribution in [0.25, 0.3) is 0 Å². The van der Waals surface area contributed by atoms with Crippen molar-refractivity contribution in [2.24, 2.45) is 0 Å². The number of hydrogen-bond donors (Lipinski definition) is 0. The molecule has 0 bridgehead atoms. The molecular weight excluding hydrogens is 238 g/mol. The molecule has 1 aromatic rings. The summed E-state index contributed by atoms with van der Waals surface area (Å²) in [7, 11) is 0. The summed E-state index contributed by atoms with van der Waals surface area (Å²) in [4.78, 5) is 16.3. The number of anilines is 1. The lowest BCUT2D eigenvalue weighted by molar-refractivity contribution is 0.132. The summed E-state index contributed by atoms with van der Waals surface area (Å²) in [5, 5.41) is 1.86. The van der Waals surface area contributed by atoms with E-state index in [1.54, 1.807) is 6.08 Å². The van der Waals surface area contributed by atoms with E-state index in [1.165, 1.54) is 0 Å². The van der Waals surface area contributed by atoms with E-state index >= 15 is 0 Å². The largest absolute Gasteiger partial charge is 0.269 e. The molecule has 98 valence electrons. The molecule has 0 fully saturated rings. The molecule has 0 unspecified atom stereocenters. The molecule has 0 saturated heterocycles. The summed E-state index contributed by atoms with van der Waals surface area (Å²) in [6, 6.07) is 9.99. The van der Waals surface area contributed by atoms with Crippen LogP contribution in [0.1, 0.15) is 13.3 Å². The molecule has 0 N–H and O–H groups in total. The summed E-state index contributed by atoms with van der Waals surface area (Å²) in [5.41, 5.74) is 2.80. The van der Waals surface area contributed by atoms with E-state index in [0.717, 1.165) is 17.8 Å². The van der Waals surface area contributed by atoms with Crippen LogP contribution in [0.15, 0.2) is 59.7 Å². The first-order chi connectivity index (χ1) is 9.33. The van der Waals surface area contributed by atoms with Crippen molar-refractivity contribution >= 4 is 11.6 Å². The highest BCUT2D eigenvalue weighted by atomic mass is 16.7. The number of hydroxylamine groups is 1. The highest BCUT2D eigenvalue weighted by molar-refractivity contribution is 5.60. The average molecular weight is 255 g/mol. The lowest BCUT2D eigenvalue weighted by atomic mass is 10.0. The molecule has 0 atom stereocenters. The van der Waals surface area contributed by atoms with Crippen LogP contribution in [0.4, 0.5) is 5.69 Å². The Balaban J connectivity index is 1.93. The van der Waals surface area contributed by atoms with E-state index in [4.69, 9.17) is 4.84 Å². The molecular formula is C16H17NO2. The van der Waals surface area contributed by atoms with E-state index in [2.05, 4.69) is 0 Å². The number of benzene rings is 1. The van der Waals surface area contributed by atoms with E-state index in [9.17, 15) is 4.79 Å². The summed E-state index contributed by atoms with van der Waals surface area (Å²) in [6.07, 6.45) is 6.34. The van der Waals surface area contributed by atoms with Crippen molar-refractivity contribution in [1.82, 2.24) is 0 Å². The Morgan fingerprint density at radius 2 is 2.05 bits per heavy atom. The average Bonchev–Trinajstić information content (AvgIpc) is 2.49. The Hall–Kier alpha value is -2.09. The van der Waals surface area contributed by atoms with Crippen molar-refractivity contribution in [3.05, 3.63) is 59.7 Å². The minimum atomic E-state index is 0.505. The molecule has 2 rings (SSSR count). The molecule has 0 amide bonds. The van der Waals surface area contributed by atoms with Gasteiger partial charge in [0.25, 0.3) is 0 Å². The quantitative estimate of drug-likeness (QED) is 0.598. The summed E-state index contributed by atoms with van der Waals surface area (Å²) in [6.45, 7) is 3.33. The predicted molar refractivity (Wildman–Crippen MR) is 76.5 cm³/mol. The van der Waals surface area contributed by atoms with Crippen LogP contribution in [-0.4, -0.2) is 19.1 Å². The number of nitrogens with zero attached hydrogens (tertiary/aromatic N) is 1. The topological polar surface area (TPSA) is 29.5 Å². The van der Waals surface area contributed by atoms with Crippen molar-refractivity contribution in [2.45, 2.75) is 13.3 Å². The molecule has 0 saturated carbocycles. The normalized spacial score (nSPS) is 13.9. The minimum Gasteiger partial charge on any atom is -0.269 e. The monoisotopic (exact) mass is 255 g/mol. The van der Waals surface area contributed by atoms with Gasteiger partial charge in [-0.15, -0.1) is 0 Å². The van der Waals surface area contributed by atoms with Crippen LogP contribution in [0.3, 0.4) is 0 Å². The fourth-order valence-corrected chi connectivity index (χ4v) is 1.86. The molecule has 0 aliphatic heterocycles. The lowest BCUT2D eigenvalue weighted by Gasteiger charge is -2.22. The number of rotatable bonds is 5. The molecule has 1 aliphatic carbocycles. The Morgan fingerprint density at radius 3 is 2.63 bits per heavy atom. The molecule has 1 aliphatic rings. The Kier molecular flexibility index (Phi) is 4.73. The zero-order chi connectivity index (χ0) is 13.5. The second-order valence-electron chi connectivity index (χ2n) is 4.25. The Labute approximate surface area is 113 Å². The SMILES string of the molecule is CCN(OCC1=CCC(=C=O)C=C1)c1ccccc1. The van der Waals surface area contributed by atoms with Gasteiger partial charge in [-0.05, 0) is 30.7 Å². The van der Waals surface area contributed by atoms with Crippen LogP contribution in [0.5, 0.6) is 0 Å². The Bertz CT molecular complexity index is 525. The molecule has 3 nitrogen and oxygen atoms in total. The summed E-state index contributed by atoms with van der Waals surface area (Å²) < 4.78 is 0. The van der Waals surface area contributed by atoms with E-state index in [-0.39, 0.29) is 0 Å². The Morgan fingerprint density at radius 1 is 1.26 bits per heavy atom. The van der Waals surface area contributed by atoms with E-state index in [0.29, 0.717) is 18.6 Å². The lowest BCUT2D eigenvalue weighted by Crippen LogP contribution is -2.24. The number of para-hydroxylation sites is 1. The predicted octanol–water partition coefficient (Wildman–Crippen LogP) is 3.09. The molecule has 19 heavy (non-hydrogen) atoms. The fraction of sp³-hybridized carbons (Fsp3) is 0.250. The van der Waals surface area contributed by atoms with Crippen LogP contribution >= 0.6 is 0 Å². The van der Waals surface area contributed by atoms with Gasteiger partial charge >= 0.3 is 0 Å². The molecule has 0 radical (unpaired) electrons. The summed E-state index contributed by atoms with van der Waals surface area (Å²) >= 11 is 0. The van der Waals surface area contributed by atoms with E-state index < -0.39 is 0 Å². The van der Waals surface area contributed by atoms with Crippen LogP contribution in [-0.2, 0) is 9.63 Å². The van der Waals surface area contributed by atoms with Crippen molar-refractivity contribution in [3.8, 4) is 0 Å². The smallest absolute Gasteiger partial charge is 0.128 e. The highest BCUT2D eigenvalue weighted by Crippen LogP contribution is 2.17. The molecule has 3 heteroatoms. The highest BCUT2D eigenvalue weighted by Gasteiger charge is 2.07. The third-order valence-corrected chi connectivity index (χ3v) is 2.93. The van der Waals surface area contributed by atoms with Gasteiger partial charge in [0.1, 0.15) is 5.94 Å². The first kappa shape index (κ1) is 13.3. The molecule has 0 heterocycles. The zero-order valence-corrected chi connectivity index (χ0v) is 11.0. The van der Waals surface area contributed by atoms with Crippen LogP contribution < -0.4 is 5.06 Å². The minimum absolute atomic E-state index is 0.505. The van der Waals surface area contributed by atoms with Gasteiger partial charge in [0.2, 0.25) is 0 Å².